The molecule has 0 amide bonds. The molecule has 0 radical (unpaired) electrons. The summed E-state index contributed by atoms with van der Waals surface area (Å²) in [5.74, 6) is 0.886. The molecule has 0 saturated carbocycles. The Hall–Kier alpha value is -3.10. The molecule has 0 aliphatic heterocycles. The highest BCUT2D eigenvalue weighted by Gasteiger charge is 2.19. The zero-order valence-electron chi connectivity index (χ0n) is 25.7. The van der Waals surface area contributed by atoms with Gasteiger partial charge in [-0.25, -0.2) is 4.98 Å². The van der Waals surface area contributed by atoms with Crippen LogP contribution in [0.25, 0.3) is 22.4 Å². The Kier molecular flexibility index (Phi) is 11.7. The first-order valence-corrected chi connectivity index (χ1v) is 16.7. The smallest absolute Gasteiger partial charge is 0.141 e. The van der Waals surface area contributed by atoms with E-state index in [-0.39, 0.29) is 18.4 Å². The SMILES string of the molecule is CCCN(CCO)c1ccc(-c2nc3cc(C(CC(C)=O)NCc4ccc(Cl)c(Cl)c4)ccc3n2Cc2ccc(Cl)c(Cl)c2)cc1. The third kappa shape index (κ3) is 8.24. The second-order valence-corrected chi connectivity index (χ2v) is 13.0. The molecule has 1 unspecified atom stereocenters. The van der Waals surface area contributed by atoms with Gasteiger partial charge in [-0.2, -0.15) is 0 Å². The molecule has 5 aromatic rings. The van der Waals surface area contributed by atoms with Crippen molar-refractivity contribution in [2.75, 3.05) is 24.6 Å². The normalized spacial score (nSPS) is 12.1. The minimum absolute atomic E-state index is 0.0796. The molecule has 0 aliphatic carbocycles. The van der Waals surface area contributed by atoms with Crippen LogP contribution in [0.4, 0.5) is 5.69 Å². The maximum absolute atomic E-state index is 12.3. The highest BCUT2D eigenvalue weighted by molar-refractivity contribution is 6.42. The fourth-order valence-electron chi connectivity index (χ4n) is 5.63. The first-order chi connectivity index (χ1) is 22.2. The second-order valence-electron chi connectivity index (χ2n) is 11.4. The van der Waals surface area contributed by atoms with E-state index in [0.717, 1.165) is 57.8 Å². The number of rotatable bonds is 14. The molecule has 2 N–H and O–H groups in total. The van der Waals surface area contributed by atoms with Crippen molar-refractivity contribution in [3.05, 3.63) is 116 Å². The number of benzene rings is 4. The lowest BCUT2D eigenvalue weighted by molar-refractivity contribution is -0.117. The van der Waals surface area contributed by atoms with Crippen molar-refractivity contribution >= 4 is 68.9 Å². The van der Waals surface area contributed by atoms with Crippen LogP contribution in [-0.4, -0.2) is 40.1 Å². The van der Waals surface area contributed by atoms with E-state index in [0.29, 0.717) is 46.1 Å². The number of carbonyl (C=O) groups excluding carboxylic acids is 1. The van der Waals surface area contributed by atoms with Gasteiger partial charge in [-0.3, -0.25) is 4.79 Å². The number of anilines is 1. The number of nitrogens with zero attached hydrogens (tertiary/aromatic N) is 3. The van der Waals surface area contributed by atoms with Crippen molar-refractivity contribution in [1.82, 2.24) is 14.9 Å². The van der Waals surface area contributed by atoms with E-state index in [1.54, 1.807) is 19.1 Å². The number of carbonyl (C=O) groups is 1. The Morgan fingerprint density at radius 3 is 2.17 bits per heavy atom. The highest BCUT2D eigenvalue weighted by atomic mass is 35.5. The fourth-order valence-corrected chi connectivity index (χ4v) is 6.27. The highest BCUT2D eigenvalue weighted by Crippen LogP contribution is 2.32. The van der Waals surface area contributed by atoms with Crippen LogP contribution in [0.2, 0.25) is 20.1 Å². The number of imidazole rings is 1. The minimum atomic E-state index is -0.226. The zero-order chi connectivity index (χ0) is 32.8. The van der Waals surface area contributed by atoms with Crippen LogP contribution in [0.5, 0.6) is 0 Å². The lowest BCUT2D eigenvalue weighted by Crippen LogP contribution is -2.27. The van der Waals surface area contributed by atoms with Gasteiger partial charge < -0.3 is 19.9 Å². The average Bonchev–Trinajstić information content (AvgIpc) is 3.39. The van der Waals surface area contributed by atoms with Crippen LogP contribution in [0.1, 0.15) is 49.4 Å². The van der Waals surface area contributed by atoms with Gasteiger partial charge in [0, 0.05) is 49.9 Å². The molecule has 4 aromatic carbocycles. The van der Waals surface area contributed by atoms with Crippen molar-refractivity contribution in [1.29, 1.82) is 0 Å². The van der Waals surface area contributed by atoms with Crippen LogP contribution in [-0.2, 0) is 17.9 Å². The summed E-state index contributed by atoms with van der Waals surface area (Å²) < 4.78 is 2.17. The zero-order valence-corrected chi connectivity index (χ0v) is 28.8. The molecule has 0 fully saturated rings. The number of hydrogen-bond donors (Lipinski definition) is 2. The summed E-state index contributed by atoms with van der Waals surface area (Å²) in [6, 6.07) is 25.4. The average molecular weight is 699 g/mol. The number of aliphatic hydroxyl groups excluding tert-OH is 1. The van der Waals surface area contributed by atoms with Gasteiger partial charge >= 0.3 is 0 Å². The van der Waals surface area contributed by atoms with Crippen LogP contribution < -0.4 is 10.2 Å². The molecular weight excluding hydrogens is 662 g/mol. The van der Waals surface area contributed by atoms with E-state index in [4.69, 9.17) is 51.4 Å². The van der Waals surface area contributed by atoms with Crippen molar-refractivity contribution in [2.45, 2.75) is 45.8 Å². The van der Waals surface area contributed by atoms with Gasteiger partial charge in [0.1, 0.15) is 11.6 Å². The first-order valence-electron chi connectivity index (χ1n) is 15.2. The Labute approximate surface area is 289 Å². The van der Waals surface area contributed by atoms with Crippen LogP contribution in [0.3, 0.4) is 0 Å². The van der Waals surface area contributed by atoms with E-state index >= 15 is 0 Å². The van der Waals surface area contributed by atoms with Crippen molar-refractivity contribution < 1.29 is 9.90 Å². The van der Waals surface area contributed by atoms with Gasteiger partial charge in [-0.1, -0.05) is 71.5 Å². The van der Waals surface area contributed by atoms with E-state index in [2.05, 4.69) is 64.2 Å². The molecule has 0 aliphatic rings. The summed E-state index contributed by atoms with van der Waals surface area (Å²) in [5, 5.41) is 15.1. The molecule has 240 valence electrons. The number of hydrogen-bond acceptors (Lipinski definition) is 5. The molecule has 0 saturated heterocycles. The molecule has 1 heterocycles. The van der Waals surface area contributed by atoms with Crippen molar-refractivity contribution in [3.8, 4) is 11.4 Å². The predicted molar refractivity (Wildman–Crippen MR) is 192 cm³/mol. The maximum atomic E-state index is 12.3. The lowest BCUT2D eigenvalue weighted by atomic mass is 10.0. The molecular formula is C36H36Cl4N4O2. The summed E-state index contributed by atoms with van der Waals surface area (Å²) in [4.78, 5) is 19.6. The largest absolute Gasteiger partial charge is 0.395 e. The third-order valence-corrected chi connectivity index (χ3v) is 9.36. The quantitative estimate of drug-likeness (QED) is 0.121. The topological polar surface area (TPSA) is 70.4 Å². The van der Waals surface area contributed by atoms with E-state index in [1.807, 2.05) is 24.3 Å². The monoisotopic (exact) mass is 696 g/mol. The number of halogens is 4. The van der Waals surface area contributed by atoms with Gasteiger partial charge in [0.2, 0.25) is 0 Å². The summed E-state index contributed by atoms with van der Waals surface area (Å²) in [6.45, 7) is 6.30. The molecule has 6 nitrogen and oxygen atoms in total. The molecule has 1 atom stereocenters. The minimum Gasteiger partial charge on any atom is -0.395 e. The number of fused-ring (bicyclic) bond motifs is 1. The second kappa shape index (κ2) is 15.7. The summed E-state index contributed by atoms with van der Waals surface area (Å²) in [6.07, 6.45) is 1.31. The summed E-state index contributed by atoms with van der Waals surface area (Å²) in [5.41, 5.74) is 6.70. The molecule has 0 bridgehead atoms. The molecule has 1 aromatic heterocycles. The number of aliphatic hydroxyl groups is 1. The molecule has 5 rings (SSSR count). The van der Waals surface area contributed by atoms with E-state index < -0.39 is 0 Å². The van der Waals surface area contributed by atoms with Crippen LogP contribution in [0.15, 0.2) is 78.9 Å². The third-order valence-electron chi connectivity index (χ3n) is 7.88. The Morgan fingerprint density at radius 1 is 0.870 bits per heavy atom. The van der Waals surface area contributed by atoms with Gasteiger partial charge in [-0.15, -0.1) is 0 Å². The van der Waals surface area contributed by atoms with Gasteiger partial charge in [0.15, 0.2) is 0 Å². The standard InChI is InChI=1S/C36H36Cl4N4O2/c1-3-14-43(15-16-45)28-9-6-26(7-10-28)36-42-34-20-27(8-13-35(34)44(36)22-25-5-12-30(38)32(40)19-25)33(17-23(2)46)41-21-24-4-11-29(37)31(39)18-24/h4-13,18-20,33,41,45H,3,14-17,21-22H2,1-2H3. The Bertz CT molecular complexity index is 1820. The van der Waals surface area contributed by atoms with Gasteiger partial charge in [0.05, 0.1) is 37.7 Å². The van der Waals surface area contributed by atoms with Crippen molar-refractivity contribution in [2.24, 2.45) is 0 Å². The lowest BCUT2D eigenvalue weighted by Gasteiger charge is -2.23. The number of ketones is 1. The molecule has 10 heteroatoms. The predicted octanol–water partition coefficient (Wildman–Crippen LogP) is 9.38. The first kappa shape index (κ1) is 34.2. The maximum Gasteiger partial charge on any atom is 0.141 e. The van der Waals surface area contributed by atoms with Crippen LogP contribution in [0, 0.1) is 0 Å². The van der Waals surface area contributed by atoms with Crippen LogP contribution >= 0.6 is 46.4 Å². The van der Waals surface area contributed by atoms with Crippen molar-refractivity contribution in [3.63, 3.8) is 0 Å². The number of nitrogens with one attached hydrogen (secondary N) is 1. The summed E-state index contributed by atoms with van der Waals surface area (Å²) >= 11 is 25.0. The van der Waals surface area contributed by atoms with Gasteiger partial charge in [-0.05, 0) is 90.7 Å². The molecule has 0 spiro atoms. The van der Waals surface area contributed by atoms with E-state index in [9.17, 15) is 9.90 Å². The van der Waals surface area contributed by atoms with E-state index in [1.165, 1.54) is 0 Å². The summed E-state index contributed by atoms with van der Waals surface area (Å²) in [7, 11) is 0. The van der Waals surface area contributed by atoms with Gasteiger partial charge in [0.25, 0.3) is 0 Å². The molecule has 46 heavy (non-hydrogen) atoms. The number of Topliss-reactive ketones (excluding diaryl/α,β-unsaturated/α-hetero) is 1. The Balaban J connectivity index is 1.53. The fraction of sp³-hybridized carbons (Fsp3) is 0.278. The number of aromatic nitrogens is 2. The Morgan fingerprint density at radius 2 is 1.54 bits per heavy atom.